The summed E-state index contributed by atoms with van der Waals surface area (Å²) in [6.45, 7) is 3.62. The number of nitrogens with one attached hydrogen (secondary N) is 2. The molecule has 108 valence electrons. The predicted octanol–water partition coefficient (Wildman–Crippen LogP) is 1.73. The van der Waals surface area contributed by atoms with E-state index < -0.39 is 10.0 Å². The second-order valence-corrected chi connectivity index (χ2v) is 6.26. The summed E-state index contributed by atoms with van der Waals surface area (Å²) in [4.78, 5) is 7.26. The molecular formula is C13H18N4O2S. The third kappa shape index (κ3) is 3.00. The molecular weight excluding hydrogens is 276 g/mol. The van der Waals surface area contributed by atoms with Crippen molar-refractivity contribution < 1.29 is 8.42 Å². The molecule has 2 rings (SSSR count). The summed E-state index contributed by atoms with van der Waals surface area (Å²) in [5.74, 6) is 0.601. The van der Waals surface area contributed by atoms with Crippen molar-refractivity contribution in [2.24, 2.45) is 0 Å². The van der Waals surface area contributed by atoms with Gasteiger partial charge in [-0.1, -0.05) is 6.92 Å². The third-order valence-corrected chi connectivity index (χ3v) is 4.68. The molecule has 1 atom stereocenters. The third-order valence-electron chi connectivity index (χ3n) is 3.04. The van der Waals surface area contributed by atoms with Crippen LogP contribution in [-0.2, 0) is 10.0 Å². The number of sulfonamides is 1. The highest BCUT2D eigenvalue weighted by atomic mass is 32.2. The average molecular weight is 294 g/mol. The van der Waals surface area contributed by atoms with Crippen LogP contribution in [0.3, 0.4) is 0 Å². The number of hydrogen-bond acceptors (Lipinski definition) is 4. The fourth-order valence-electron chi connectivity index (χ4n) is 2.03. The maximum absolute atomic E-state index is 12.4. The highest BCUT2D eigenvalue weighted by Crippen LogP contribution is 2.21. The molecule has 0 aliphatic rings. The van der Waals surface area contributed by atoms with Gasteiger partial charge in [0.15, 0.2) is 0 Å². The van der Waals surface area contributed by atoms with E-state index in [0.717, 1.165) is 0 Å². The van der Waals surface area contributed by atoms with Crippen LogP contribution < -0.4 is 10.5 Å². The number of anilines is 1. The van der Waals surface area contributed by atoms with Crippen LogP contribution in [0.2, 0.25) is 0 Å². The van der Waals surface area contributed by atoms with Gasteiger partial charge in [0.05, 0.1) is 10.9 Å². The Labute approximate surface area is 118 Å². The summed E-state index contributed by atoms with van der Waals surface area (Å²) >= 11 is 0. The van der Waals surface area contributed by atoms with E-state index in [-0.39, 0.29) is 10.9 Å². The molecule has 6 nitrogen and oxygen atoms in total. The Morgan fingerprint density at radius 2 is 2.20 bits per heavy atom. The highest BCUT2D eigenvalue weighted by molar-refractivity contribution is 7.89. The van der Waals surface area contributed by atoms with Crippen LogP contribution in [0.5, 0.6) is 0 Å². The van der Waals surface area contributed by atoms with Gasteiger partial charge in [0.1, 0.15) is 5.82 Å². The maximum Gasteiger partial charge on any atom is 0.241 e. The summed E-state index contributed by atoms with van der Waals surface area (Å²) in [6.07, 6.45) is 3.86. The molecule has 0 bridgehead atoms. The predicted molar refractivity (Wildman–Crippen MR) is 77.5 cm³/mol. The van der Waals surface area contributed by atoms with Gasteiger partial charge in [-0.3, -0.25) is 0 Å². The summed E-state index contributed by atoms with van der Waals surface area (Å²) in [5, 5.41) is 0. The largest absolute Gasteiger partial charge is 0.399 e. The second-order valence-electron chi connectivity index (χ2n) is 4.58. The van der Waals surface area contributed by atoms with Crippen molar-refractivity contribution in [1.29, 1.82) is 0 Å². The highest BCUT2D eigenvalue weighted by Gasteiger charge is 2.23. The SMILES string of the molecule is CCC(NS(=O)(=O)c1ccc(N)cc1C)c1ncc[nH]1. The molecule has 20 heavy (non-hydrogen) atoms. The van der Waals surface area contributed by atoms with Crippen molar-refractivity contribution in [3.63, 3.8) is 0 Å². The Morgan fingerprint density at radius 1 is 1.45 bits per heavy atom. The van der Waals surface area contributed by atoms with Gasteiger partial charge in [-0.25, -0.2) is 18.1 Å². The lowest BCUT2D eigenvalue weighted by Crippen LogP contribution is -2.29. The zero-order chi connectivity index (χ0) is 14.8. The molecule has 4 N–H and O–H groups in total. The summed E-state index contributed by atoms with van der Waals surface area (Å²) in [7, 11) is -3.61. The van der Waals surface area contributed by atoms with Crippen LogP contribution in [0.15, 0.2) is 35.5 Å². The van der Waals surface area contributed by atoms with E-state index in [1.807, 2.05) is 6.92 Å². The minimum Gasteiger partial charge on any atom is -0.399 e. The molecule has 1 heterocycles. The maximum atomic E-state index is 12.4. The Hall–Kier alpha value is -1.86. The molecule has 0 spiro atoms. The van der Waals surface area contributed by atoms with E-state index >= 15 is 0 Å². The molecule has 0 aliphatic heterocycles. The molecule has 0 radical (unpaired) electrons. The number of aromatic nitrogens is 2. The van der Waals surface area contributed by atoms with E-state index in [9.17, 15) is 8.42 Å². The zero-order valence-corrected chi connectivity index (χ0v) is 12.2. The lowest BCUT2D eigenvalue weighted by atomic mass is 10.2. The zero-order valence-electron chi connectivity index (χ0n) is 11.4. The lowest BCUT2D eigenvalue weighted by molar-refractivity contribution is 0.539. The normalized spacial score (nSPS) is 13.3. The van der Waals surface area contributed by atoms with Crippen LogP contribution in [0.4, 0.5) is 5.69 Å². The Balaban J connectivity index is 2.31. The van der Waals surface area contributed by atoms with Gasteiger partial charge in [0.25, 0.3) is 0 Å². The molecule has 1 aromatic carbocycles. The van der Waals surface area contributed by atoms with Crippen LogP contribution in [0.25, 0.3) is 0 Å². The van der Waals surface area contributed by atoms with Crippen molar-refractivity contribution in [3.8, 4) is 0 Å². The van der Waals surface area contributed by atoms with Gasteiger partial charge in [-0.2, -0.15) is 0 Å². The standard InChI is InChI=1S/C13H18N4O2S/c1-3-11(13-15-6-7-16-13)17-20(18,19)12-5-4-10(14)8-9(12)2/h4-8,11,17H,3,14H2,1-2H3,(H,15,16). The molecule has 0 saturated heterocycles. The van der Waals surface area contributed by atoms with Crippen molar-refractivity contribution in [2.75, 3.05) is 5.73 Å². The molecule has 1 unspecified atom stereocenters. The lowest BCUT2D eigenvalue weighted by Gasteiger charge is -2.16. The van der Waals surface area contributed by atoms with Gasteiger partial charge in [-0.05, 0) is 37.1 Å². The Kier molecular flexibility index (Phi) is 4.10. The number of hydrogen-bond donors (Lipinski definition) is 3. The number of H-pyrrole nitrogens is 1. The minimum atomic E-state index is -3.61. The summed E-state index contributed by atoms with van der Waals surface area (Å²) < 4.78 is 27.5. The van der Waals surface area contributed by atoms with Gasteiger partial charge < -0.3 is 10.7 Å². The van der Waals surface area contributed by atoms with Crippen molar-refractivity contribution >= 4 is 15.7 Å². The first-order valence-electron chi connectivity index (χ1n) is 6.31. The quantitative estimate of drug-likeness (QED) is 0.731. The average Bonchev–Trinajstić information content (AvgIpc) is 2.89. The second kappa shape index (κ2) is 5.64. The van der Waals surface area contributed by atoms with Gasteiger partial charge >= 0.3 is 0 Å². The molecule has 0 fully saturated rings. The Bertz CT molecular complexity index is 680. The smallest absolute Gasteiger partial charge is 0.241 e. The number of imidazole rings is 1. The van der Waals surface area contributed by atoms with Gasteiger partial charge in [0, 0.05) is 18.1 Å². The monoisotopic (exact) mass is 294 g/mol. The number of aromatic amines is 1. The number of aryl methyl sites for hydroxylation is 1. The number of benzene rings is 1. The fraction of sp³-hybridized carbons (Fsp3) is 0.308. The van der Waals surface area contributed by atoms with Crippen LogP contribution in [-0.4, -0.2) is 18.4 Å². The van der Waals surface area contributed by atoms with Crippen molar-refractivity contribution in [3.05, 3.63) is 42.0 Å². The minimum absolute atomic E-state index is 0.233. The van der Waals surface area contributed by atoms with Crippen LogP contribution in [0.1, 0.15) is 30.8 Å². The van der Waals surface area contributed by atoms with E-state index in [2.05, 4.69) is 14.7 Å². The Morgan fingerprint density at radius 3 is 2.75 bits per heavy atom. The van der Waals surface area contributed by atoms with Crippen LogP contribution in [0, 0.1) is 6.92 Å². The molecule has 0 saturated carbocycles. The van der Waals surface area contributed by atoms with E-state index in [1.54, 1.807) is 31.5 Å². The number of nitrogens with zero attached hydrogens (tertiary/aromatic N) is 1. The van der Waals surface area contributed by atoms with E-state index in [4.69, 9.17) is 5.73 Å². The van der Waals surface area contributed by atoms with Crippen molar-refractivity contribution in [1.82, 2.24) is 14.7 Å². The molecule has 2 aromatic rings. The van der Waals surface area contributed by atoms with Crippen molar-refractivity contribution in [2.45, 2.75) is 31.2 Å². The number of nitrogens with two attached hydrogens (primary N) is 1. The summed E-state index contributed by atoms with van der Waals surface area (Å²) in [6, 6.07) is 4.35. The first-order chi connectivity index (χ1) is 9.44. The molecule has 0 amide bonds. The van der Waals surface area contributed by atoms with E-state index in [0.29, 0.717) is 23.5 Å². The summed E-state index contributed by atoms with van der Waals surface area (Å²) in [5.41, 5.74) is 6.80. The first kappa shape index (κ1) is 14.5. The first-order valence-corrected chi connectivity index (χ1v) is 7.80. The van der Waals surface area contributed by atoms with Crippen LogP contribution >= 0.6 is 0 Å². The number of nitrogen functional groups attached to an aromatic ring is 1. The fourth-order valence-corrected chi connectivity index (χ4v) is 3.54. The molecule has 0 aliphatic carbocycles. The molecule has 1 aromatic heterocycles. The molecule has 7 heteroatoms. The van der Waals surface area contributed by atoms with E-state index in [1.165, 1.54) is 6.07 Å². The van der Waals surface area contributed by atoms with Gasteiger partial charge in [0.2, 0.25) is 10.0 Å². The number of rotatable bonds is 5. The topological polar surface area (TPSA) is 101 Å². The van der Waals surface area contributed by atoms with Gasteiger partial charge in [-0.15, -0.1) is 0 Å².